The van der Waals surface area contributed by atoms with Gasteiger partial charge in [-0.15, -0.1) is 0 Å². The summed E-state index contributed by atoms with van der Waals surface area (Å²) >= 11 is 0. The van der Waals surface area contributed by atoms with Gasteiger partial charge in [-0.2, -0.15) is 0 Å². The minimum absolute atomic E-state index is 0.126. The van der Waals surface area contributed by atoms with Gasteiger partial charge in [0.25, 0.3) is 0 Å². The lowest BCUT2D eigenvalue weighted by molar-refractivity contribution is -0.147. The molecule has 1 fully saturated rings. The van der Waals surface area contributed by atoms with Crippen LogP contribution in [0.1, 0.15) is 33.1 Å². The van der Waals surface area contributed by atoms with Crippen LogP contribution in [0.3, 0.4) is 0 Å². The largest absolute Gasteiger partial charge is 0.468 e. The standard InChI is InChI=1S/C12H24N2O2/c1-4-8-14(10(2)12(15)16-3)11-6-5-7-13-9-11/h10-11,13H,4-9H2,1-3H3. The number of piperidine rings is 1. The lowest BCUT2D eigenvalue weighted by Gasteiger charge is -2.37. The van der Waals surface area contributed by atoms with Crippen LogP contribution >= 0.6 is 0 Å². The van der Waals surface area contributed by atoms with Crippen LogP contribution in [0.25, 0.3) is 0 Å². The molecular weight excluding hydrogens is 204 g/mol. The lowest BCUT2D eigenvalue weighted by atomic mass is 10.0. The average molecular weight is 228 g/mol. The topological polar surface area (TPSA) is 41.6 Å². The first-order valence-electron chi connectivity index (χ1n) is 6.25. The van der Waals surface area contributed by atoms with Crippen LogP contribution in [-0.4, -0.2) is 49.7 Å². The van der Waals surface area contributed by atoms with Crippen molar-refractivity contribution < 1.29 is 9.53 Å². The van der Waals surface area contributed by atoms with E-state index >= 15 is 0 Å². The SMILES string of the molecule is CCCN(C1CCCNC1)C(C)C(=O)OC. The molecule has 94 valence electrons. The molecule has 1 saturated heterocycles. The van der Waals surface area contributed by atoms with Crippen LogP contribution in [-0.2, 0) is 9.53 Å². The molecule has 0 amide bonds. The van der Waals surface area contributed by atoms with Gasteiger partial charge in [0.2, 0.25) is 0 Å². The second-order valence-corrected chi connectivity index (χ2v) is 4.44. The van der Waals surface area contributed by atoms with Crippen molar-refractivity contribution >= 4 is 5.97 Å². The van der Waals surface area contributed by atoms with Gasteiger partial charge < -0.3 is 10.1 Å². The summed E-state index contributed by atoms with van der Waals surface area (Å²) in [7, 11) is 1.46. The Kier molecular flexibility index (Phi) is 5.77. The fourth-order valence-corrected chi connectivity index (χ4v) is 2.37. The summed E-state index contributed by atoms with van der Waals surface area (Å²) in [6.07, 6.45) is 3.44. The van der Waals surface area contributed by atoms with Crippen LogP contribution in [0.2, 0.25) is 0 Å². The van der Waals surface area contributed by atoms with Crippen molar-refractivity contribution in [3.8, 4) is 0 Å². The highest BCUT2D eigenvalue weighted by Crippen LogP contribution is 2.15. The number of nitrogens with zero attached hydrogens (tertiary/aromatic N) is 1. The van der Waals surface area contributed by atoms with Crippen molar-refractivity contribution in [2.24, 2.45) is 0 Å². The zero-order chi connectivity index (χ0) is 12.0. The molecule has 16 heavy (non-hydrogen) atoms. The van der Waals surface area contributed by atoms with Gasteiger partial charge in [-0.25, -0.2) is 0 Å². The maximum absolute atomic E-state index is 11.6. The Balaban J connectivity index is 2.60. The summed E-state index contributed by atoms with van der Waals surface area (Å²) in [5.74, 6) is -0.126. The van der Waals surface area contributed by atoms with E-state index in [9.17, 15) is 4.79 Å². The van der Waals surface area contributed by atoms with E-state index < -0.39 is 0 Å². The van der Waals surface area contributed by atoms with E-state index in [1.807, 2.05) is 6.92 Å². The fourth-order valence-electron chi connectivity index (χ4n) is 2.37. The normalized spacial score (nSPS) is 23.1. The highest BCUT2D eigenvalue weighted by Gasteiger charge is 2.28. The Bertz CT molecular complexity index is 215. The predicted octanol–water partition coefficient (Wildman–Crippen LogP) is 1.01. The molecule has 0 spiro atoms. The number of hydrogen-bond acceptors (Lipinski definition) is 4. The summed E-state index contributed by atoms with van der Waals surface area (Å²) in [5, 5.41) is 3.39. The number of carbonyl (C=O) groups is 1. The van der Waals surface area contributed by atoms with Crippen LogP contribution < -0.4 is 5.32 Å². The zero-order valence-electron chi connectivity index (χ0n) is 10.7. The van der Waals surface area contributed by atoms with Crippen LogP contribution in [0.15, 0.2) is 0 Å². The molecule has 0 bridgehead atoms. The van der Waals surface area contributed by atoms with Crippen molar-refractivity contribution in [2.75, 3.05) is 26.7 Å². The Hall–Kier alpha value is -0.610. The van der Waals surface area contributed by atoms with E-state index in [1.165, 1.54) is 20.0 Å². The smallest absolute Gasteiger partial charge is 0.322 e. The number of methoxy groups -OCH3 is 1. The van der Waals surface area contributed by atoms with E-state index in [0.29, 0.717) is 6.04 Å². The molecule has 1 aliphatic heterocycles. The number of esters is 1. The number of carbonyl (C=O) groups excluding carboxylic acids is 1. The summed E-state index contributed by atoms with van der Waals surface area (Å²) in [6.45, 7) is 7.14. The molecule has 1 N–H and O–H groups in total. The third-order valence-electron chi connectivity index (χ3n) is 3.26. The summed E-state index contributed by atoms with van der Waals surface area (Å²) in [6, 6.07) is 0.345. The number of nitrogens with one attached hydrogen (secondary N) is 1. The van der Waals surface area contributed by atoms with Gasteiger partial charge in [-0.05, 0) is 39.3 Å². The molecule has 0 aromatic heterocycles. The van der Waals surface area contributed by atoms with Crippen molar-refractivity contribution in [3.05, 3.63) is 0 Å². The van der Waals surface area contributed by atoms with Crippen LogP contribution in [0.5, 0.6) is 0 Å². The van der Waals surface area contributed by atoms with Gasteiger partial charge >= 0.3 is 5.97 Å². The van der Waals surface area contributed by atoms with Crippen molar-refractivity contribution in [3.63, 3.8) is 0 Å². The molecule has 0 aliphatic carbocycles. The van der Waals surface area contributed by atoms with E-state index in [4.69, 9.17) is 4.74 Å². The Morgan fingerprint density at radius 2 is 2.38 bits per heavy atom. The summed E-state index contributed by atoms with van der Waals surface area (Å²) in [4.78, 5) is 13.9. The summed E-state index contributed by atoms with van der Waals surface area (Å²) < 4.78 is 4.83. The number of rotatable bonds is 5. The quantitative estimate of drug-likeness (QED) is 0.713. The van der Waals surface area contributed by atoms with Gasteiger partial charge in [0.1, 0.15) is 6.04 Å². The first kappa shape index (κ1) is 13.5. The lowest BCUT2D eigenvalue weighted by Crippen LogP contribution is -2.52. The third-order valence-corrected chi connectivity index (χ3v) is 3.26. The molecule has 2 atom stereocenters. The predicted molar refractivity (Wildman–Crippen MR) is 64.4 cm³/mol. The molecule has 1 heterocycles. The maximum atomic E-state index is 11.6. The highest BCUT2D eigenvalue weighted by molar-refractivity contribution is 5.75. The second kappa shape index (κ2) is 6.86. The van der Waals surface area contributed by atoms with Gasteiger partial charge in [-0.3, -0.25) is 9.69 Å². The summed E-state index contributed by atoms with van der Waals surface area (Å²) in [5.41, 5.74) is 0. The maximum Gasteiger partial charge on any atom is 0.322 e. The molecule has 0 aromatic carbocycles. The molecule has 0 radical (unpaired) electrons. The minimum atomic E-state index is -0.130. The first-order chi connectivity index (χ1) is 7.70. The molecule has 4 nitrogen and oxygen atoms in total. The van der Waals surface area contributed by atoms with E-state index in [0.717, 1.165) is 26.1 Å². The zero-order valence-corrected chi connectivity index (χ0v) is 10.7. The van der Waals surface area contributed by atoms with Crippen molar-refractivity contribution in [2.45, 2.75) is 45.2 Å². The fraction of sp³-hybridized carbons (Fsp3) is 0.917. The number of ether oxygens (including phenoxy) is 1. The molecule has 4 heteroatoms. The molecule has 2 unspecified atom stereocenters. The Labute approximate surface area is 98.3 Å². The Morgan fingerprint density at radius 3 is 2.88 bits per heavy atom. The number of hydrogen-bond donors (Lipinski definition) is 1. The monoisotopic (exact) mass is 228 g/mol. The van der Waals surface area contributed by atoms with Gasteiger partial charge in [0.15, 0.2) is 0 Å². The molecular formula is C12H24N2O2. The van der Waals surface area contributed by atoms with E-state index in [2.05, 4.69) is 17.1 Å². The van der Waals surface area contributed by atoms with Crippen molar-refractivity contribution in [1.82, 2.24) is 10.2 Å². The average Bonchev–Trinajstić information content (AvgIpc) is 2.35. The van der Waals surface area contributed by atoms with Crippen LogP contribution in [0.4, 0.5) is 0 Å². The van der Waals surface area contributed by atoms with Gasteiger partial charge in [0.05, 0.1) is 7.11 Å². The molecule has 1 rings (SSSR count). The second-order valence-electron chi connectivity index (χ2n) is 4.44. The van der Waals surface area contributed by atoms with E-state index in [-0.39, 0.29) is 12.0 Å². The Morgan fingerprint density at radius 1 is 1.62 bits per heavy atom. The highest BCUT2D eigenvalue weighted by atomic mass is 16.5. The van der Waals surface area contributed by atoms with Gasteiger partial charge in [0, 0.05) is 12.6 Å². The van der Waals surface area contributed by atoms with E-state index in [1.54, 1.807) is 0 Å². The van der Waals surface area contributed by atoms with Gasteiger partial charge in [-0.1, -0.05) is 6.92 Å². The molecule has 0 aromatic rings. The molecule has 1 aliphatic rings. The van der Waals surface area contributed by atoms with Crippen LogP contribution in [0, 0.1) is 0 Å². The van der Waals surface area contributed by atoms with Crippen molar-refractivity contribution in [1.29, 1.82) is 0 Å². The minimum Gasteiger partial charge on any atom is -0.468 e. The third kappa shape index (κ3) is 3.46. The first-order valence-corrected chi connectivity index (χ1v) is 6.25. The molecule has 0 saturated carbocycles.